The molecule has 0 spiro atoms. The Kier molecular flexibility index (Phi) is 5.37. The number of hydrogen-bond acceptors (Lipinski definition) is 5. The summed E-state index contributed by atoms with van der Waals surface area (Å²) in [6.45, 7) is 5.98. The number of anilines is 1. The molecule has 28 heavy (non-hydrogen) atoms. The maximum atomic E-state index is 12.7. The van der Waals surface area contributed by atoms with Crippen molar-refractivity contribution in [2.75, 3.05) is 18.4 Å². The number of piperidine rings is 3. The van der Waals surface area contributed by atoms with Crippen molar-refractivity contribution in [3.63, 3.8) is 0 Å². The number of thiophene rings is 1. The molecule has 3 fully saturated rings. The van der Waals surface area contributed by atoms with Gasteiger partial charge in [-0.1, -0.05) is 0 Å². The third kappa shape index (κ3) is 4.05. The van der Waals surface area contributed by atoms with Crippen LogP contribution in [0.15, 0.2) is 35.7 Å². The van der Waals surface area contributed by atoms with Gasteiger partial charge in [0.25, 0.3) is 5.91 Å². The lowest BCUT2D eigenvalue weighted by Crippen LogP contribution is -2.62. The summed E-state index contributed by atoms with van der Waals surface area (Å²) in [5.41, 5.74) is 1.36. The van der Waals surface area contributed by atoms with Crippen LogP contribution < -0.4 is 15.4 Å². The van der Waals surface area contributed by atoms with Crippen molar-refractivity contribution in [2.45, 2.75) is 38.8 Å². The van der Waals surface area contributed by atoms with Gasteiger partial charge in [0.05, 0.1) is 5.69 Å². The minimum Gasteiger partial charge on any atom is -0.447 e. The number of amides is 2. The predicted octanol–water partition coefficient (Wildman–Crippen LogP) is 3.71. The first-order chi connectivity index (χ1) is 13.5. The number of hydrogen-bond donors (Lipinski definition) is 2. The normalized spacial score (nSPS) is 25.9. The number of benzene rings is 1. The number of rotatable bonds is 5. The van der Waals surface area contributed by atoms with E-state index in [0.717, 1.165) is 18.8 Å². The summed E-state index contributed by atoms with van der Waals surface area (Å²) in [6.07, 6.45) is 2.34. The summed E-state index contributed by atoms with van der Waals surface area (Å²) < 4.78 is 5.81. The molecule has 148 valence electrons. The third-order valence-electron chi connectivity index (χ3n) is 5.71. The molecule has 1 aromatic heterocycles. The molecular weight excluding hydrogens is 374 g/mol. The Bertz CT molecular complexity index is 854. The molecule has 6 nitrogen and oxygen atoms in total. The van der Waals surface area contributed by atoms with E-state index < -0.39 is 0 Å². The second-order valence-electron chi connectivity index (χ2n) is 7.58. The van der Waals surface area contributed by atoms with E-state index in [2.05, 4.69) is 22.5 Å². The van der Waals surface area contributed by atoms with Gasteiger partial charge >= 0.3 is 0 Å². The maximum Gasteiger partial charge on any atom is 0.251 e. The van der Waals surface area contributed by atoms with Crippen LogP contribution in [0.5, 0.6) is 10.8 Å². The standard InChI is InChI=1S/C21H25N3O3S/c1-13-20(15-7-9-24(13)10-8-15)23-21(26)16-3-5-18(6-4-16)27-19-11-17(12-28-19)22-14(2)25/h3-6,11-13,15,20H,7-10H2,1-2H3,(H,22,25)(H,23,26). The molecule has 2 amide bonds. The van der Waals surface area contributed by atoms with Gasteiger partial charge in [0, 0.05) is 36.0 Å². The van der Waals surface area contributed by atoms with Crippen molar-refractivity contribution in [3.8, 4) is 10.8 Å². The van der Waals surface area contributed by atoms with Crippen LogP contribution in [0.25, 0.3) is 0 Å². The summed E-state index contributed by atoms with van der Waals surface area (Å²) >= 11 is 1.41. The van der Waals surface area contributed by atoms with Gasteiger partial charge in [-0.2, -0.15) is 0 Å². The van der Waals surface area contributed by atoms with Gasteiger partial charge in [-0.15, -0.1) is 11.3 Å². The van der Waals surface area contributed by atoms with E-state index in [9.17, 15) is 9.59 Å². The largest absolute Gasteiger partial charge is 0.447 e. The van der Waals surface area contributed by atoms with Crippen LogP contribution in [0, 0.1) is 5.92 Å². The van der Waals surface area contributed by atoms with E-state index in [-0.39, 0.29) is 17.9 Å². The Morgan fingerprint density at radius 3 is 2.54 bits per heavy atom. The first kappa shape index (κ1) is 19.0. The third-order valence-corrected chi connectivity index (χ3v) is 6.51. The van der Waals surface area contributed by atoms with Crippen molar-refractivity contribution in [1.29, 1.82) is 0 Å². The quantitative estimate of drug-likeness (QED) is 0.804. The second-order valence-corrected chi connectivity index (χ2v) is 8.45. The van der Waals surface area contributed by atoms with Gasteiger partial charge in [0.1, 0.15) is 5.75 Å². The van der Waals surface area contributed by atoms with Crippen molar-refractivity contribution >= 4 is 28.8 Å². The van der Waals surface area contributed by atoms with Gasteiger partial charge in [0.15, 0.2) is 5.06 Å². The van der Waals surface area contributed by atoms with Crippen LogP contribution in [0.2, 0.25) is 0 Å². The average molecular weight is 400 g/mol. The summed E-state index contributed by atoms with van der Waals surface area (Å²) in [5.74, 6) is 1.10. The van der Waals surface area contributed by atoms with Gasteiger partial charge in [-0.05, 0) is 63.0 Å². The van der Waals surface area contributed by atoms with Gasteiger partial charge in [-0.25, -0.2) is 0 Å². The van der Waals surface area contributed by atoms with E-state index in [1.165, 1.54) is 31.1 Å². The molecule has 5 rings (SSSR count). The summed E-state index contributed by atoms with van der Waals surface area (Å²) in [7, 11) is 0. The zero-order valence-corrected chi connectivity index (χ0v) is 16.9. The molecular formula is C21H25N3O3S. The lowest BCUT2D eigenvalue weighted by atomic mass is 9.79. The van der Waals surface area contributed by atoms with Gasteiger partial charge < -0.3 is 15.4 Å². The van der Waals surface area contributed by atoms with Gasteiger partial charge in [-0.3, -0.25) is 14.5 Å². The van der Waals surface area contributed by atoms with E-state index in [1.807, 2.05) is 5.38 Å². The molecule has 2 aromatic rings. The summed E-state index contributed by atoms with van der Waals surface area (Å²) in [6, 6.07) is 9.58. The minimum absolute atomic E-state index is 0.0266. The Balaban J connectivity index is 1.37. The maximum absolute atomic E-state index is 12.7. The lowest BCUT2D eigenvalue weighted by molar-refractivity contribution is -0.114. The molecule has 3 aliphatic heterocycles. The minimum atomic E-state index is -0.114. The second kappa shape index (κ2) is 7.93. The molecule has 2 N–H and O–H groups in total. The smallest absolute Gasteiger partial charge is 0.251 e. The van der Waals surface area contributed by atoms with Crippen LogP contribution in [-0.4, -0.2) is 41.9 Å². The fourth-order valence-electron chi connectivity index (χ4n) is 4.21. The van der Waals surface area contributed by atoms with Crippen LogP contribution >= 0.6 is 11.3 Å². The van der Waals surface area contributed by atoms with Crippen LogP contribution in [-0.2, 0) is 4.79 Å². The number of nitrogens with zero attached hydrogens (tertiary/aromatic N) is 1. The Labute approximate surface area is 168 Å². The van der Waals surface area contributed by atoms with Gasteiger partial charge in [0.2, 0.25) is 5.91 Å². The first-order valence-electron chi connectivity index (χ1n) is 9.68. The molecule has 0 radical (unpaired) electrons. The topological polar surface area (TPSA) is 70.7 Å². The van der Waals surface area contributed by atoms with Crippen LogP contribution in [0.3, 0.4) is 0 Å². The molecule has 0 aliphatic carbocycles. The number of nitrogens with one attached hydrogen (secondary N) is 2. The molecule has 0 saturated carbocycles. The SMILES string of the molecule is CC(=O)Nc1csc(Oc2ccc(C(=O)NC3C4CCN(CC4)C3C)cc2)c1. The molecule has 7 heteroatoms. The highest BCUT2D eigenvalue weighted by molar-refractivity contribution is 7.12. The van der Waals surface area contributed by atoms with E-state index in [0.29, 0.717) is 28.3 Å². The average Bonchev–Trinajstić information content (AvgIpc) is 3.11. The highest BCUT2D eigenvalue weighted by Gasteiger charge is 2.40. The lowest BCUT2D eigenvalue weighted by Gasteiger charge is -2.49. The number of carbonyl (C=O) groups excluding carboxylic acids is 2. The van der Waals surface area contributed by atoms with Crippen LogP contribution in [0.1, 0.15) is 37.0 Å². The fourth-order valence-corrected chi connectivity index (χ4v) is 4.92. The fraction of sp³-hybridized carbons (Fsp3) is 0.429. The molecule has 3 saturated heterocycles. The molecule has 1 aromatic carbocycles. The van der Waals surface area contributed by atoms with Crippen molar-refractivity contribution in [1.82, 2.24) is 10.2 Å². The Morgan fingerprint density at radius 2 is 1.89 bits per heavy atom. The molecule has 3 aliphatic rings. The van der Waals surface area contributed by atoms with Crippen molar-refractivity contribution in [2.24, 2.45) is 5.92 Å². The first-order valence-corrected chi connectivity index (χ1v) is 10.6. The number of carbonyl (C=O) groups is 2. The zero-order valence-electron chi connectivity index (χ0n) is 16.1. The molecule has 4 heterocycles. The van der Waals surface area contributed by atoms with E-state index in [1.54, 1.807) is 30.3 Å². The van der Waals surface area contributed by atoms with Crippen molar-refractivity contribution < 1.29 is 14.3 Å². The Hall–Kier alpha value is -2.38. The predicted molar refractivity (Wildman–Crippen MR) is 110 cm³/mol. The number of ether oxygens (including phenoxy) is 1. The molecule has 2 atom stereocenters. The zero-order chi connectivity index (χ0) is 19.7. The number of fused-ring (bicyclic) bond motifs is 3. The molecule has 2 unspecified atom stereocenters. The van der Waals surface area contributed by atoms with Crippen molar-refractivity contribution in [3.05, 3.63) is 41.3 Å². The van der Waals surface area contributed by atoms with E-state index >= 15 is 0 Å². The van der Waals surface area contributed by atoms with Crippen LogP contribution in [0.4, 0.5) is 5.69 Å². The molecule has 2 bridgehead atoms. The highest BCUT2D eigenvalue weighted by atomic mass is 32.1. The highest BCUT2D eigenvalue weighted by Crippen LogP contribution is 2.33. The Morgan fingerprint density at radius 1 is 1.18 bits per heavy atom. The summed E-state index contributed by atoms with van der Waals surface area (Å²) in [4.78, 5) is 26.3. The summed E-state index contributed by atoms with van der Waals surface area (Å²) in [5, 5.41) is 8.48. The van der Waals surface area contributed by atoms with E-state index in [4.69, 9.17) is 4.74 Å². The monoisotopic (exact) mass is 399 g/mol.